The molecule has 4 rings (SSSR count). The van der Waals surface area contributed by atoms with Crippen LogP contribution in [-0.4, -0.2) is 93.6 Å². The smallest absolute Gasteiger partial charge is 0.274 e. The van der Waals surface area contributed by atoms with Crippen LogP contribution in [0.5, 0.6) is 0 Å². The summed E-state index contributed by atoms with van der Waals surface area (Å²) in [5.41, 5.74) is 2.26. The lowest BCUT2D eigenvalue weighted by atomic mass is 10.1. The molecule has 134 valence electrons. The maximum atomic E-state index is 12.9. The predicted octanol–water partition coefficient (Wildman–Crippen LogP) is 0.0754. The average molecular weight is 343 g/mol. The number of rotatable bonds is 2. The third-order valence-corrected chi connectivity index (χ3v) is 5.47. The second-order valence-electron chi connectivity index (χ2n) is 7.21. The van der Waals surface area contributed by atoms with Gasteiger partial charge in [0.25, 0.3) is 5.91 Å². The molecule has 2 aliphatic heterocycles. The lowest BCUT2D eigenvalue weighted by Crippen LogP contribution is -2.52. The number of pyridine rings is 1. The van der Waals surface area contributed by atoms with Gasteiger partial charge >= 0.3 is 0 Å². The summed E-state index contributed by atoms with van der Waals surface area (Å²) in [5.74, 6) is -0.0984. The number of likely N-dealkylation sites (N-methyl/N-ethyl adjacent to an activating group) is 1. The summed E-state index contributed by atoms with van der Waals surface area (Å²) >= 11 is 0. The summed E-state index contributed by atoms with van der Waals surface area (Å²) in [5, 5.41) is 10.5. The van der Waals surface area contributed by atoms with Crippen molar-refractivity contribution >= 4 is 11.6 Å². The number of likely N-dealkylation sites (tertiary alicyclic amines) is 1. The number of carbonyl (C=O) groups excluding carboxylic acids is 1. The molecule has 2 saturated heterocycles. The van der Waals surface area contributed by atoms with Crippen molar-refractivity contribution in [3.05, 3.63) is 35.8 Å². The zero-order valence-corrected chi connectivity index (χ0v) is 14.8. The molecule has 0 aromatic carbocycles. The Hall–Kier alpha value is -1.96. The minimum Gasteiger partial charge on any atom is -0.390 e. The molecule has 0 saturated carbocycles. The van der Waals surface area contributed by atoms with Crippen LogP contribution in [0.15, 0.2) is 24.4 Å². The number of aromatic nitrogens is 2. The van der Waals surface area contributed by atoms with Crippen molar-refractivity contribution in [2.24, 2.45) is 0 Å². The Bertz CT molecular complexity index is 781. The molecule has 25 heavy (non-hydrogen) atoms. The Morgan fingerprint density at radius 3 is 2.68 bits per heavy atom. The number of nitrogens with zero attached hydrogens (tertiary/aromatic N) is 5. The summed E-state index contributed by atoms with van der Waals surface area (Å²) in [7, 11) is 2.11. The van der Waals surface area contributed by atoms with Gasteiger partial charge in [-0.2, -0.15) is 0 Å². The lowest BCUT2D eigenvalue weighted by Gasteiger charge is -2.37. The van der Waals surface area contributed by atoms with E-state index in [9.17, 15) is 9.90 Å². The fraction of sp³-hybridized carbons (Fsp3) is 0.556. The quantitative estimate of drug-likeness (QED) is 0.836. The number of imidazole rings is 1. The Morgan fingerprint density at radius 2 is 1.96 bits per heavy atom. The molecule has 4 heterocycles. The van der Waals surface area contributed by atoms with Crippen LogP contribution in [0.4, 0.5) is 0 Å². The van der Waals surface area contributed by atoms with E-state index in [4.69, 9.17) is 0 Å². The topological polar surface area (TPSA) is 64.3 Å². The predicted molar refractivity (Wildman–Crippen MR) is 94.7 cm³/mol. The van der Waals surface area contributed by atoms with Gasteiger partial charge in [0.05, 0.1) is 12.1 Å². The van der Waals surface area contributed by atoms with Gasteiger partial charge in [-0.25, -0.2) is 4.98 Å². The van der Waals surface area contributed by atoms with Crippen molar-refractivity contribution in [3.63, 3.8) is 0 Å². The highest BCUT2D eigenvalue weighted by Crippen LogP contribution is 2.20. The van der Waals surface area contributed by atoms with E-state index in [-0.39, 0.29) is 11.9 Å². The van der Waals surface area contributed by atoms with Crippen molar-refractivity contribution in [2.75, 3.05) is 46.3 Å². The molecule has 2 fully saturated rings. The van der Waals surface area contributed by atoms with Gasteiger partial charge in [0.15, 0.2) is 0 Å². The van der Waals surface area contributed by atoms with E-state index < -0.39 is 6.10 Å². The third-order valence-electron chi connectivity index (χ3n) is 5.47. The van der Waals surface area contributed by atoms with Crippen LogP contribution in [0, 0.1) is 6.92 Å². The molecule has 2 aromatic heterocycles. The summed E-state index contributed by atoms with van der Waals surface area (Å²) in [4.78, 5) is 23.7. The van der Waals surface area contributed by atoms with Crippen LogP contribution in [-0.2, 0) is 0 Å². The Labute approximate surface area is 147 Å². The first-order valence-electron chi connectivity index (χ1n) is 8.87. The average Bonchev–Trinajstić information content (AvgIpc) is 3.20. The number of hydrogen-bond donors (Lipinski definition) is 1. The van der Waals surface area contributed by atoms with E-state index in [1.165, 1.54) is 0 Å². The molecule has 0 spiro atoms. The lowest BCUT2D eigenvalue weighted by molar-refractivity contribution is 0.0512. The molecule has 7 heteroatoms. The van der Waals surface area contributed by atoms with Gasteiger partial charge in [-0.1, -0.05) is 6.07 Å². The maximum Gasteiger partial charge on any atom is 0.274 e. The number of carbonyl (C=O) groups is 1. The van der Waals surface area contributed by atoms with E-state index in [0.29, 0.717) is 18.8 Å². The summed E-state index contributed by atoms with van der Waals surface area (Å²) in [6.45, 7) is 6.82. The number of aliphatic hydroxyl groups excluding tert-OH is 1. The van der Waals surface area contributed by atoms with E-state index in [2.05, 4.69) is 21.8 Å². The van der Waals surface area contributed by atoms with Gasteiger partial charge in [-0.3, -0.25) is 9.69 Å². The minimum atomic E-state index is -0.494. The first kappa shape index (κ1) is 16.5. The summed E-state index contributed by atoms with van der Waals surface area (Å²) in [6.07, 6.45) is 1.30. The molecule has 2 aliphatic rings. The number of piperazine rings is 1. The molecule has 1 amide bonds. The van der Waals surface area contributed by atoms with E-state index in [1.807, 2.05) is 29.5 Å². The highest BCUT2D eigenvalue weighted by molar-refractivity contribution is 5.93. The van der Waals surface area contributed by atoms with Gasteiger partial charge in [0.1, 0.15) is 11.3 Å². The molecule has 0 aliphatic carbocycles. The fourth-order valence-corrected chi connectivity index (χ4v) is 3.86. The largest absolute Gasteiger partial charge is 0.390 e. The molecule has 0 radical (unpaired) electrons. The summed E-state index contributed by atoms with van der Waals surface area (Å²) < 4.78 is 1.93. The van der Waals surface area contributed by atoms with Crippen LogP contribution in [0.3, 0.4) is 0 Å². The number of fused-ring (bicyclic) bond motifs is 1. The van der Waals surface area contributed by atoms with Crippen molar-refractivity contribution in [1.29, 1.82) is 0 Å². The zero-order valence-electron chi connectivity index (χ0n) is 14.8. The van der Waals surface area contributed by atoms with Gasteiger partial charge in [-0.15, -0.1) is 0 Å². The fourth-order valence-electron chi connectivity index (χ4n) is 3.86. The second kappa shape index (κ2) is 6.40. The van der Waals surface area contributed by atoms with Crippen LogP contribution in [0.1, 0.15) is 16.2 Å². The van der Waals surface area contributed by atoms with Crippen molar-refractivity contribution in [1.82, 2.24) is 24.1 Å². The van der Waals surface area contributed by atoms with Crippen LogP contribution < -0.4 is 0 Å². The minimum absolute atomic E-state index is 0.0245. The molecule has 1 N–H and O–H groups in total. The molecule has 0 bridgehead atoms. The first-order chi connectivity index (χ1) is 12.0. The Kier molecular flexibility index (Phi) is 4.23. The van der Waals surface area contributed by atoms with E-state index in [1.54, 1.807) is 11.1 Å². The molecule has 2 atom stereocenters. The van der Waals surface area contributed by atoms with Gasteiger partial charge in [-0.05, 0) is 26.1 Å². The number of hydrogen-bond acceptors (Lipinski definition) is 5. The van der Waals surface area contributed by atoms with Gasteiger partial charge in [0.2, 0.25) is 0 Å². The summed E-state index contributed by atoms with van der Waals surface area (Å²) in [6, 6.07) is 5.85. The maximum absolute atomic E-state index is 12.9. The van der Waals surface area contributed by atoms with Gasteiger partial charge in [0, 0.05) is 51.2 Å². The SMILES string of the molecule is Cc1cccc2nc(C(=O)N3C[C@@H](O)[C@H](N4CCN(C)CC4)C3)cn12. The molecular weight excluding hydrogens is 318 g/mol. The van der Waals surface area contributed by atoms with Crippen LogP contribution in [0.25, 0.3) is 5.65 Å². The highest BCUT2D eigenvalue weighted by Gasteiger charge is 2.39. The van der Waals surface area contributed by atoms with Crippen molar-refractivity contribution in [2.45, 2.75) is 19.1 Å². The molecule has 0 unspecified atom stereocenters. The number of aliphatic hydroxyl groups is 1. The number of β-amino-alcohol motifs (C(OH)–C–C–N with tert-alkyl or cyclic N) is 1. The van der Waals surface area contributed by atoms with Crippen molar-refractivity contribution < 1.29 is 9.90 Å². The van der Waals surface area contributed by atoms with E-state index >= 15 is 0 Å². The highest BCUT2D eigenvalue weighted by atomic mass is 16.3. The first-order valence-corrected chi connectivity index (χ1v) is 8.87. The third kappa shape index (κ3) is 3.03. The monoisotopic (exact) mass is 343 g/mol. The number of amides is 1. The molecule has 2 aromatic rings. The molecular formula is C18H25N5O2. The van der Waals surface area contributed by atoms with E-state index in [0.717, 1.165) is 37.5 Å². The zero-order chi connectivity index (χ0) is 17.6. The Balaban J connectivity index is 1.50. The van der Waals surface area contributed by atoms with Crippen molar-refractivity contribution in [3.8, 4) is 0 Å². The standard InChI is InChI=1S/C18H25N5O2/c1-13-4-3-5-17-19-14(10-23(13)17)18(25)22-11-15(16(24)12-22)21-8-6-20(2)7-9-21/h3-5,10,15-16,24H,6-9,11-12H2,1-2H3/t15-,16-/m1/s1. The van der Waals surface area contributed by atoms with Crippen LogP contribution in [0.2, 0.25) is 0 Å². The van der Waals surface area contributed by atoms with Gasteiger partial charge < -0.3 is 19.3 Å². The normalized spacial score (nSPS) is 25.8. The molecule has 7 nitrogen and oxygen atoms in total. The number of aryl methyl sites for hydroxylation is 1. The second-order valence-corrected chi connectivity index (χ2v) is 7.21. The Morgan fingerprint density at radius 1 is 1.20 bits per heavy atom. The van der Waals surface area contributed by atoms with Crippen LogP contribution >= 0.6 is 0 Å².